The van der Waals surface area contributed by atoms with E-state index in [1.807, 2.05) is 31.2 Å². The summed E-state index contributed by atoms with van der Waals surface area (Å²) >= 11 is 7.30. The van der Waals surface area contributed by atoms with Crippen LogP contribution in [0.1, 0.15) is 24.1 Å². The van der Waals surface area contributed by atoms with Crippen LogP contribution in [0.25, 0.3) is 0 Å². The third-order valence-corrected chi connectivity index (χ3v) is 4.84. The van der Waals surface area contributed by atoms with Crippen molar-refractivity contribution in [1.29, 1.82) is 0 Å². The van der Waals surface area contributed by atoms with Crippen molar-refractivity contribution < 1.29 is 13.9 Å². The lowest BCUT2D eigenvalue weighted by Crippen LogP contribution is -2.28. The van der Waals surface area contributed by atoms with Gasteiger partial charge in [0, 0.05) is 21.9 Å². The molecule has 1 atom stereocenters. The molecular formula is C18H19ClFNO2S. The van der Waals surface area contributed by atoms with Gasteiger partial charge in [-0.05, 0) is 25.1 Å². The first kappa shape index (κ1) is 18.6. The van der Waals surface area contributed by atoms with Crippen molar-refractivity contribution >= 4 is 29.3 Å². The summed E-state index contributed by atoms with van der Waals surface area (Å²) in [4.78, 5) is 12.1. The van der Waals surface area contributed by atoms with Crippen LogP contribution in [0.15, 0.2) is 42.5 Å². The molecule has 0 heterocycles. The highest BCUT2D eigenvalue weighted by Gasteiger charge is 2.14. The number of halogens is 2. The van der Waals surface area contributed by atoms with E-state index in [1.54, 1.807) is 19.2 Å². The lowest BCUT2D eigenvalue weighted by atomic mass is 10.1. The largest absolute Gasteiger partial charge is 0.496 e. The van der Waals surface area contributed by atoms with Gasteiger partial charge in [0.2, 0.25) is 5.91 Å². The zero-order valence-corrected chi connectivity index (χ0v) is 15.1. The lowest BCUT2D eigenvalue weighted by Gasteiger charge is -2.17. The third-order valence-electron chi connectivity index (χ3n) is 3.52. The van der Waals surface area contributed by atoms with Crippen LogP contribution in [0.5, 0.6) is 5.75 Å². The first-order valence-electron chi connectivity index (χ1n) is 7.45. The lowest BCUT2D eigenvalue weighted by molar-refractivity contribution is -0.119. The summed E-state index contributed by atoms with van der Waals surface area (Å²) in [6, 6.07) is 11.9. The van der Waals surface area contributed by atoms with Gasteiger partial charge in [-0.15, -0.1) is 11.8 Å². The first-order valence-corrected chi connectivity index (χ1v) is 8.99. The normalized spacial score (nSPS) is 11.8. The van der Waals surface area contributed by atoms with Crippen LogP contribution in [0, 0.1) is 5.82 Å². The molecule has 0 aliphatic carbocycles. The molecule has 0 aliphatic rings. The molecule has 0 radical (unpaired) electrons. The molecule has 0 spiro atoms. The molecule has 128 valence electrons. The number of carbonyl (C=O) groups is 1. The fourth-order valence-electron chi connectivity index (χ4n) is 2.30. The van der Waals surface area contributed by atoms with Crippen molar-refractivity contribution in [2.75, 3.05) is 12.9 Å². The van der Waals surface area contributed by atoms with Gasteiger partial charge in [-0.1, -0.05) is 35.9 Å². The van der Waals surface area contributed by atoms with E-state index in [0.29, 0.717) is 16.3 Å². The summed E-state index contributed by atoms with van der Waals surface area (Å²) in [6.07, 6.45) is 0. The van der Waals surface area contributed by atoms with Gasteiger partial charge in [0.1, 0.15) is 11.6 Å². The third kappa shape index (κ3) is 4.89. The summed E-state index contributed by atoms with van der Waals surface area (Å²) in [5, 5.41) is 3.30. The minimum absolute atomic E-state index is 0.120. The van der Waals surface area contributed by atoms with Crippen LogP contribution in [-0.4, -0.2) is 18.8 Å². The van der Waals surface area contributed by atoms with Gasteiger partial charge in [0.25, 0.3) is 0 Å². The monoisotopic (exact) mass is 367 g/mol. The Bertz CT molecular complexity index is 691. The van der Waals surface area contributed by atoms with Crippen LogP contribution < -0.4 is 10.1 Å². The maximum Gasteiger partial charge on any atom is 0.230 e. The Morgan fingerprint density at radius 1 is 1.29 bits per heavy atom. The van der Waals surface area contributed by atoms with Crippen molar-refractivity contribution in [1.82, 2.24) is 5.32 Å². The molecule has 0 saturated heterocycles. The number of hydrogen-bond donors (Lipinski definition) is 1. The van der Waals surface area contributed by atoms with Crippen molar-refractivity contribution in [3.63, 3.8) is 0 Å². The van der Waals surface area contributed by atoms with Gasteiger partial charge in [0.15, 0.2) is 0 Å². The fraction of sp³-hybridized carbons (Fsp3) is 0.278. The number of carbonyl (C=O) groups excluding carboxylic acids is 1. The van der Waals surface area contributed by atoms with E-state index in [-0.39, 0.29) is 23.5 Å². The van der Waals surface area contributed by atoms with Gasteiger partial charge in [-0.2, -0.15) is 0 Å². The quantitative estimate of drug-likeness (QED) is 0.777. The minimum atomic E-state index is -0.349. The predicted octanol–water partition coefficient (Wildman–Crippen LogP) is 4.60. The second-order valence-corrected chi connectivity index (χ2v) is 6.62. The standard InChI is InChI=1S/C18H19ClFNO2S/c1-12(13-6-3-4-9-17(13)23-2)21-18(22)11-24-10-14-15(19)7-5-8-16(14)20/h3-9,12H,10-11H2,1-2H3,(H,21,22). The summed E-state index contributed by atoms with van der Waals surface area (Å²) in [5.74, 6) is 0.839. The highest BCUT2D eigenvalue weighted by molar-refractivity contribution is 7.99. The molecule has 2 aromatic carbocycles. The number of methoxy groups -OCH3 is 1. The van der Waals surface area contributed by atoms with E-state index in [4.69, 9.17) is 16.3 Å². The van der Waals surface area contributed by atoms with Crippen LogP contribution in [0.3, 0.4) is 0 Å². The number of hydrogen-bond acceptors (Lipinski definition) is 3. The smallest absolute Gasteiger partial charge is 0.230 e. The van der Waals surface area contributed by atoms with Crippen molar-refractivity contribution in [2.45, 2.75) is 18.7 Å². The van der Waals surface area contributed by atoms with Crippen LogP contribution in [0.4, 0.5) is 4.39 Å². The molecule has 0 fully saturated rings. The molecule has 0 bridgehead atoms. The number of para-hydroxylation sites is 1. The van der Waals surface area contributed by atoms with E-state index in [2.05, 4.69) is 5.32 Å². The summed E-state index contributed by atoms with van der Waals surface area (Å²) in [6.45, 7) is 1.90. The van der Waals surface area contributed by atoms with E-state index >= 15 is 0 Å². The van der Waals surface area contributed by atoms with Crippen molar-refractivity contribution in [3.8, 4) is 5.75 Å². The summed E-state index contributed by atoms with van der Waals surface area (Å²) in [7, 11) is 1.60. The highest BCUT2D eigenvalue weighted by Crippen LogP contribution is 2.25. The molecular weight excluding hydrogens is 349 g/mol. The number of thioether (sulfide) groups is 1. The molecule has 24 heavy (non-hydrogen) atoms. The van der Waals surface area contributed by atoms with Gasteiger partial charge < -0.3 is 10.1 Å². The van der Waals surface area contributed by atoms with Gasteiger partial charge in [0.05, 0.1) is 18.9 Å². The molecule has 0 saturated carbocycles. The zero-order valence-electron chi connectivity index (χ0n) is 13.5. The number of rotatable bonds is 7. The Kier molecular flexibility index (Phi) is 6.94. The molecule has 6 heteroatoms. The average molecular weight is 368 g/mol. The number of nitrogens with one attached hydrogen (secondary N) is 1. The molecule has 2 aromatic rings. The molecule has 0 aliphatic heterocycles. The van der Waals surface area contributed by atoms with Crippen molar-refractivity contribution in [3.05, 3.63) is 64.4 Å². The number of ether oxygens (including phenoxy) is 1. The maximum atomic E-state index is 13.7. The molecule has 1 amide bonds. The molecule has 1 N–H and O–H groups in total. The predicted molar refractivity (Wildman–Crippen MR) is 97.1 cm³/mol. The highest BCUT2D eigenvalue weighted by atomic mass is 35.5. The summed E-state index contributed by atoms with van der Waals surface area (Å²) in [5.41, 5.74) is 1.34. The Balaban J connectivity index is 1.87. The number of amides is 1. The van der Waals surface area contributed by atoms with E-state index in [9.17, 15) is 9.18 Å². The molecule has 2 rings (SSSR count). The average Bonchev–Trinajstić information content (AvgIpc) is 2.57. The summed E-state index contributed by atoms with van der Waals surface area (Å²) < 4.78 is 19.0. The van der Waals surface area contributed by atoms with E-state index in [0.717, 1.165) is 11.3 Å². The van der Waals surface area contributed by atoms with E-state index in [1.165, 1.54) is 17.8 Å². The Morgan fingerprint density at radius 3 is 2.75 bits per heavy atom. The van der Waals surface area contributed by atoms with Crippen LogP contribution >= 0.6 is 23.4 Å². The van der Waals surface area contributed by atoms with Crippen LogP contribution in [-0.2, 0) is 10.5 Å². The Labute approximate surface area is 150 Å². The topological polar surface area (TPSA) is 38.3 Å². The van der Waals surface area contributed by atoms with Gasteiger partial charge in [-0.25, -0.2) is 4.39 Å². The van der Waals surface area contributed by atoms with E-state index < -0.39 is 0 Å². The fourth-order valence-corrected chi connectivity index (χ4v) is 3.48. The SMILES string of the molecule is COc1ccccc1C(C)NC(=O)CSCc1c(F)cccc1Cl. The second-order valence-electron chi connectivity index (χ2n) is 5.22. The molecule has 0 aromatic heterocycles. The van der Waals surface area contributed by atoms with Gasteiger partial charge in [-0.3, -0.25) is 4.79 Å². The second kappa shape index (κ2) is 8.94. The molecule has 1 unspecified atom stereocenters. The van der Waals surface area contributed by atoms with Crippen molar-refractivity contribution in [2.24, 2.45) is 0 Å². The van der Waals surface area contributed by atoms with Gasteiger partial charge >= 0.3 is 0 Å². The Hall–Kier alpha value is -1.72. The maximum absolute atomic E-state index is 13.7. The zero-order chi connectivity index (χ0) is 17.5. The van der Waals surface area contributed by atoms with Crippen LogP contribution in [0.2, 0.25) is 5.02 Å². The number of benzene rings is 2. The first-order chi connectivity index (χ1) is 11.5. The molecule has 3 nitrogen and oxygen atoms in total. The minimum Gasteiger partial charge on any atom is -0.496 e. The Morgan fingerprint density at radius 2 is 2.04 bits per heavy atom.